The van der Waals surface area contributed by atoms with Crippen molar-refractivity contribution < 1.29 is 30.0 Å². The van der Waals surface area contributed by atoms with Gasteiger partial charge in [-0.1, -0.05) is 6.07 Å². The van der Waals surface area contributed by atoms with Crippen LogP contribution in [0.2, 0.25) is 0 Å². The van der Waals surface area contributed by atoms with E-state index in [9.17, 15) is 30.0 Å². The molecule has 2 aromatic rings. The minimum atomic E-state index is -4.06. The van der Waals surface area contributed by atoms with Crippen LogP contribution in [0.15, 0.2) is 30.3 Å². The largest absolute Gasteiger partial charge is 0.327 e. The van der Waals surface area contributed by atoms with Crippen molar-refractivity contribution in [1.29, 1.82) is 0 Å². The third-order valence-corrected chi connectivity index (χ3v) is 9.97. The van der Waals surface area contributed by atoms with Crippen LogP contribution in [0.25, 0.3) is 11.3 Å². The van der Waals surface area contributed by atoms with E-state index in [4.69, 9.17) is 0 Å². The summed E-state index contributed by atoms with van der Waals surface area (Å²) >= 11 is 0. The molecule has 0 amide bonds. The van der Waals surface area contributed by atoms with Crippen LogP contribution in [0.4, 0.5) is 24.7 Å². The fourth-order valence-corrected chi connectivity index (χ4v) is 6.84. The average Bonchev–Trinajstić information content (AvgIpc) is 3.37. The monoisotopic (exact) mass is 545 g/mol. The lowest BCUT2D eigenvalue weighted by atomic mass is 10.1. The molecule has 196 valence electrons. The van der Waals surface area contributed by atoms with Gasteiger partial charge in [-0.3, -0.25) is 4.90 Å². The number of halogens is 3. The lowest BCUT2D eigenvalue weighted by Gasteiger charge is -2.33. The summed E-state index contributed by atoms with van der Waals surface area (Å²) in [7, 11) is -6.01. The molecule has 14 heteroatoms. The van der Waals surface area contributed by atoms with Gasteiger partial charge in [-0.05, 0) is 29.8 Å². The van der Waals surface area contributed by atoms with Crippen LogP contribution in [-0.4, -0.2) is 83.0 Å². The van der Waals surface area contributed by atoms with Crippen LogP contribution in [-0.2, 0) is 26.8 Å². The number of aromatic nitrogens is 1. The quantitative estimate of drug-likeness (QED) is 0.552. The molecule has 1 aromatic heterocycles. The molecule has 9 nitrogen and oxygen atoms in total. The van der Waals surface area contributed by atoms with E-state index in [0.717, 1.165) is 14.2 Å². The predicted octanol–water partition coefficient (Wildman–Crippen LogP) is 2.12. The van der Waals surface area contributed by atoms with Crippen molar-refractivity contribution >= 4 is 31.7 Å². The summed E-state index contributed by atoms with van der Waals surface area (Å²) in [4.78, 5) is 6.46. The van der Waals surface area contributed by atoms with Gasteiger partial charge < -0.3 is 0 Å². The second-order valence-electron chi connectivity index (χ2n) is 9.46. The van der Waals surface area contributed by atoms with Crippen molar-refractivity contribution in [2.24, 2.45) is 5.92 Å². The highest BCUT2D eigenvalue weighted by molar-refractivity contribution is 7.94. The molecule has 2 aliphatic heterocycles. The van der Waals surface area contributed by atoms with Crippen LogP contribution < -0.4 is 8.61 Å². The molecule has 0 N–H and O–H groups in total. The van der Waals surface area contributed by atoms with E-state index in [2.05, 4.69) is 9.88 Å². The van der Waals surface area contributed by atoms with Crippen LogP contribution in [0.1, 0.15) is 12.0 Å². The molecule has 1 saturated carbocycles. The molecule has 1 unspecified atom stereocenters. The Bertz CT molecular complexity index is 1410. The molecule has 2 fully saturated rings. The summed E-state index contributed by atoms with van der Waals surface area (Å²) in [6, 6.07) is 7.55. The molecule has 0 radical (unpaired) electrons. The molecule has 36 heavy (non-hydrogen) atoms. The number of nitrogens with zero attached hydrogens (tertiary/aromatic N) is 5. The van der Waals surface area contributed by atoms with Crippen molar-refractivity contribution in [2.75, 3.05) is 54.6 Å². The average molecular weight is 546 g/mol. The zero-order chi connectivity index (χ0) is 26.0. The maximum Gasteiger partial charge on any atom is 0.327 e. The molecule has 1 aliphatic carbocycles. The molecule has 3 heterocycles. The normalized spacial score (nSPS) is 23.6. The molecule has 1 aromatic carbocycles. The maximum absolute atomic E-state index is 14.8. The van der Waals surface area contributed by atoms with Crippen molar-refractivity contribution in [3.05, 3.63) is 41.7 Å². The van der Waals surface area contributed by atoms with Crippen molar-refractivity contribution in [3.63, 3.8) is 0 Å². The molecule has 0 bridgehead atoms. The first-order valence-corrected chi connectivity index (χ1v) is 14.6. The first-order chi connectivity index (χ1) is 16.8. The second kappa shape index (κ2) is 8.57. The highest BCUT2D eigenvalue weighted by Gasteiger charge is 2.59. The number of anilines is 2. The van der Waals surface area contributed by atoms with E-state index >= 15 is 0 Å². The topological polar surface area (TPSA) is 94.1 Å². The number of sulfonamides is 1. The fourth-order valence-electron chi connectivity index (χ4n) is 4.60. The van der Waals surface area contributed by atoms with Gasteiger partial charge in [0.15, 0.2) is 5.82 Å². The van der Waals surface area contributed by atoms with Gasteiger partial charge in [0.1, 0.15) is 5.82 Å². The Balaban J connectivity index is 1.38. The van der Waals surface area contributed by atoms with Crippen LogP contribution in [0, 0.1) is 11.7 Å². The van der Waals surface area contributed by atoms with Crippen molar-refractivity contribution in [2.45, 2.75) is 18.9 Å². The Labute approximate surface area is 208 Å². The van der Waals surface area contributed by atoms with E-state index < -0.39 is 37.9 Å². The highest BCUT2D eigenvalue weighted by atomic mass is 32.2. The van der Waals surface area contributed by atoms with E-state index in [1.807, 2.05) is 0 Å². The predicted molar refractivity (Wildman–Crippen MR) is 129 cm³/mol. The number of hydrogen-bond donors (Lipinski definition) is 0. The summed E-state index contributed by atoms with van der Waals surface area (Å²) in [6.07, 6.45) is 0.826. The number of rotatable bonds is 6. The standard InChI is InChI=1S/C22H26F3N5O4S2/c1-27-21-20(30(36(27,33)34)14-16-12-22(16,24)25)6-5-19(26-21)17-11-15(3-4-18(17)23)13-28-7-9-29(10-8-28)35(2,31)32/h3-6,11,16H,7-10,12-14H2,1-2H3. The molecular weight excluding hydrogens is 519 g/mol. The molecule has 1 saturated heterocycles. The number of benzene rings is 1. The molecule has 1 atom stereocenters. The van der Waals surface area contributed by atoms with E-state index in [-0.39, 0.29) is 35.7 Å². The first-order valence-electron chi connectivity index (χ1n) is 11.4. The summed E-state index contributed by atoms with van der Waals surface area (Å²) in [5.41, 5.74) is 1.38. The zero-order valence-corrected chi connectivity index (χ0v) is 21.4. The highest BCUT2D eigenvalue weighted by Crippen LogP contribution is 2.51. The van der Waals surface area contributed by atoms with Gasteiger partial charge in [-0.25, -0.2) is 35.2 Å². The molecule has 5 rings (SSSR count). The Morgan fingerprint density at radius 3 is 2.39 bits per heavy atom. The van der Waals surface area contributed by atoms with Crippen LogP contribution in [0.3, 0.4) is 0 Å². The van der Waals surface area contributed by atoms with Gasteiger partial charge in [0.25, 0.3) is 5.92 Å². The van der Waals surface area contributed by atoms with E-state index in [0.29, 0.717) is 32.7 Å². The Kier molecular flexibility index (Phi) is 6.01. The van der Waals surface area contributed by atoms with E-state index in [1.54, 1.807) is 12.1 Å². The summed E-state index contributed by atoms with van der Waals surface area (Å²) < 4.78 is 94.1. The second-order valence-corrected chi connectivity index (χ2v) is 13.3. The van der Waals surface area contributed by atoms with Gasteiger partial charge in [-0.2, -0.15) is 12.7 Å². The minimum absolute atomic E-state index is 0.0539. The lowest BCUT2D eigenvalue weighted by Crippen LogP contribution is -2.47. The number of pyridine rings is 1. The number of hydrogen-bond acceptors (Lipinski definition) is 6. The molecular formula is C22H26F3N5O4S2. The maximum atomic E-state index is 14.8. The summed E-state index contributed by atoms with van der Waals surface area (Å²) in [6.45, 7) is 1.97. The van der Waals surface area contributed by atoms with Gasteiger partial charge in [0.2, 0.25) is 10.0 Å². The third-order valence-electron chi connectivity index (χ3n) is 6.90. The smallest absolute Gasteiger partial charge is 0.296 e. The van der Waals surface area contributed by atoms with Gasteiger partial charge in [-0.15, -0.1) is 0 Å². The van der Waals surface area contributed by atoms with Gasteiger partial charge >= 0.3 is 10.2 Å². The summed E-state index contributed by atoms with van der Waals surface area (Å²) in [5.74, 6) is -4.39. The lowest BCUT2D eigenvalue weighted by molar-refractivity contribution is 0.101. The van der Waals surface area contributed by atoms with Crippen LogP contribution in [0.5, 0.6) is 0 Å². The first kappa shape index (κ1) is 25.2. The van der Waals surface area contributed by atoms with E-state index in [1.165, 1.54) is 35.8 Å². The molecule has 3 aliphatic rings. The molecule has 0 spiro atoms. The van der Waals surface area contributed by atoms with Crippen molar-refractivity contribution in [3.8, 4) is 11.3 Å². The Morgan fingerprint density at radius 2 is 1.78 bits per heavy atom. The fraction of sp³-hybridized carbons (Fsp3) is 0.500. The van der Waals surface area contributed by atoms with Gasteiger partial charge in [0.05, 0.1) is 17.6 Å². The number of piperazine rings is 1. The Morgan fingerprint density at radius 1 is 1.11 bits per heavy atom. The Hall–Kier alpha value is -2.42. The number of alkyl halides is 2. The summed E-state index contributed by atoms with van der Waals surface area (Å²) in [5, 5.41) is 0. The minimum Gasteiger partial charge on any atom is -0.296 e. The van der Waals surface area contributed by atoms with Gasteiger partial charge in [0, 0.05) is 64.2 Å². The SMILES string of the molecule is CN1c2nc(-c3cc(CN4CCN(S(C)(=O)=O)CC4)ccc3F)ccc2N(CC2CC2(F)F)S1(=O)=O. The van der Waals surface area contributed by atoms with Crippen molar-refractivity contribution in [1.82, 2.24) is 14.2 Å². The van der Waals surface area contributed by atoms with Crippen LogP contribution >= 0.6 is 0 Å². The zero-order valence-electron chi connectivity index (χ0n) is 19.7. The number of fused-ring (bicyclic) bond motifs is 1. The third kappa shape index (κ3) is 4.55.